The van der Waals surface area contributed by atoms with Crippen LogP contribution in [0.4, 0.5) is 0 Å². The quantitative estimate of drug-likeness (QED) is 0.501. The fraction of sp³-hybridized carbons (Fsp3) is 0.778. The zero-order chi connectivity index (χ0) is 15.1. The maximum atomic E-state index is 12.1. The van der Waals surface area contributed by atoms with Crippen molar-refractivity contribution in [2.75, 3.05) is 6.61 Å². The second-order valence-electron chi connectivity index (χ2n) is 6.32. The van der Waals surface area contributed by atoms with E-state index in [1.165, 1.54) is 5.57 Å². The summed E-state index contributed by atoms with van der Waals surface area (Å²) in [5.41, 5.74) is 1.22. The van der Waals surface area contributed by atoms with Gasteiger partial charge in [-0.15, -0.1) is 12.7 Å². The Kier molecular flexibility index (Phi) is 7.53. The van der Waals surface area contributed by atoms with Crippen LogP contribution in [0.15, 0.2) is 24.3 Å². The van der Waals surface area contributed by atoms with Gasteiger partial charge in [0.25, 0.3) is 0 Å². The molecular weight excluding hydrogens is 248 g/mol. The molecule has 5 atom stereocenters. The summed E-state index contributed by atoms with van der Waals surface area (Å²) in [4.78, 5) is 0. The monoisotopic (exact) mass is 279 g/mol. The van der Waals surface area contributed by atoms with Gasteiger partial charge in [0, 0.05) is 6.61 Å². The zero-order valence-corrected chi connectivity index (χ0v) is 13.6. The Labute approximate surface area is 124 Å². The molecule has 1 aliphatic rings. The average Bonchev–Trinajstić information content (AvgIpc) is 2.45. The maximum absolute atomic E-state index is 12.1. The van der Waals surface area contributed by atoms with Crippen LogP contribution in [0, 0.1) is 17.8 Å². The van der Waals surface area contributed by atoms with E-state index in [4.69, 9.17) is 4.74 Å². The van der Waals surface area contributed by atoms with Crippen LogP contribution in [0.1, 0.15) is 53.4 Å². The van der Waals surface area contributed by atoms with Gasteiger partial charge in [0.2, 0.25) is 0 Å². The van der Waals surface area contributed by atoms with Crippen LogP contribution < -0.4 is 5.11 Å². The predicted octanol–water partition coefficient (Wildman–Crippen LogP) is 3.72. The van der Waals surface area contributed by atoms with Crippen molar-refractivity contribution < 1.29 is 9.84 Å². The highest BCUT2D eigenvalue weighted by Gasteiger charge is 2.31. The number of rotatable bonds is 8. The van der Waals surface area contributed by atoms with Crippen LogP contribution in [0.5, 0.6) is 0 Å². The fourth-order valence-corrected chi connectivity index (χ4v) is 2.72. The molecule has 0 aromatic carbocycles. The van der Waals surface area contributed by atoms with Crippen LogP contribution in [0.3, 0.4) is 0 Å². The molecule has 0 N–H and O–H groups in total. The second kappa shape index (κ2) is 8.63. The summed E-state index contributed by atoms with van der Waals surface area (Å²) in [5.74, 6) is 0.961. The molecule has 0 spiro atoms. The molecule has 0 fully saturated rings. The van der Waals surface area contributed by atoms with Crippen LogP contribution in [-0.2, 0) is 4.74 Å². The smallest absolute Gasteiger partial charge is 0.0812 e. The number of allylic oxidation sites excluding steroid dienone is 1. The highest BCUT2D eigenvalue weighted by molar-refractivity contribution is 5.18. The van der Waals surface area contributed by atoms with Crippen molar-refractivity contribution in [3.63, 3.8) is 0 Å². The fourth-order valence-electron chi connectivity index (χ4n) is 2.72. The van der Waals surface area contributed by atoms with E-state index in [-0.39, 0.29) is 12.0 Å². The molecule has 0 radical (unpaired) electrons. The van der Waals surface area contributed by atoms with E-state index in [9.17, 15) is 5.11 Å². The molecular formula is C18H31O2-. The molecule has 0 aromatic heterocycles. The Bertz CT molecular complexity index is 321. The Morgan fingerprint density at radius 2 is 2.10 bits per heavy atom. The summed E-state index contributed by atoms with van der Waals surface area (Å²) in [5, 5.41) is 12.1. The van der Waals surface area contributed by atoms with Crippen molar-refractivity contribution in [1.29, 1.82) is 0 Å². The first-order valence-electron chi connectivity index (χ1n) is 8.11. The number of ether oxygens (including phenoxy) is 1. The summed E-state index contributed by atoms with van der Waals surface area (Å²) in [6.07, 6.45) is 7.72. The van der Waals surface area contributed by atoms with Crippen molar-refractivity contribution >= 4 is 0 Å². The van der Waals surface area contributed by atoms with E-state index in [1.807, 2.05) is 12.2 Å². The third kappa shape index (κ3) is 4.75. The maximum Gasteiger partial charge on any atom is 0.0812 e. The van der Waals surface area contributed by atoms with E-state index >= 15 is 0 Å². The summed E-state index contributed by atoms with van der Waals surface area (Å²) < 4.78 is 6.10. The van der Waals surface area contributed by atoms with Crippen molar-refractivity contribution in [1.82, 2.24) is 0 Å². The highest BCUT2D eigenvalue weighted by Crippen LogP contribution is 2.34. The molecule has 0 heterocycles. The van der Waals surface area contributed by atoms with E-state index in [1.54, 1.807) is 0 Å². The Morgan fingerprint density at radius 1 is 1.40 bits per heavy atom. The highest BCUT2D eigenvalue weighted by atomic mass is 16.5. The first kappa shape index (κ1) is 17.5. The summed E-state index contributed by atoms with van der Waals surface area (Å²) >= 11 is 0. The lowest BCUT2D eigenvalue weighted by molar-refractivity contribution is -0.420. The molecule has 2 nitrogen and oxygen atoms in total. The van der Waals surface area contributed by atoms with Crippen LogP contribution >= 0.6 is 0 Å². The molecule has 116 valence electrons. The van der Waals surface area contributed by atoms with Gasteiger partial charge in [0.1, 0.15) is 0 Å². The van der Waals surface area contributed by atoms with Gasteiger partial charge in [-0.1, -0.05) is 46.3 Å². The van der Waals surface area contributed by atoms with E-state index < -0.39 is 6.10 Å². The number of hydrogen-bond acceptors (Lipinski definition) is 2. The third-order valence-corrected chi connectivity index (χ3v) is 4.65. The molecule has 2 heteroatoms. The third-order valence-electron chi connectivity index (χ3n) is 4.65. The summed E-state index contributed by atoms with van der Waals surface area (Å²) in [7, 11) is 0. The van der Waals surface area contributed by atoms with E-state index in [0.717, 1.165) is 32.3 Å². The van der Waals surface area contributed by atoms with Gasteiger partial charge in [-0.25, -0.2) is 0 Å². The van der Waals surface area contributed by atoms with Crippen molar-refractivity contribution in [3.8, 4) is 0 Å². The Balaban J connectivity index is 2.71. The first-order valence-corrected chi connectivity index (χ1v) is 8.11. The topological polar surface area (TPSA) is 32.3 Å². The van der Waals surface area contributed by atoms with Crippen molar-refractivity contribution in [2.24, 2.45) is 17.8 Å². The van der Waals surface area contributed by atoms with Crippen molar-refractivity contribution in [3.05, 3.63) is 24.3 Å². The minimum absolute atomic E-state index is 0.138. The Morgan fingerprint density at radius 3 is 2.70 bits per heavy atom. The van der Waals surface area contributed by atoms with Gasteiger partial charge in [-0.3, -0.25) is 0 Å². The van der Waals surface area contributed by atoms with Gasteiger partial charge < -0.3 is 9.84 Å². The molecule has 1 aliphatic carbocycles. The van der Waals surface area contributed by atoms with Crippen LogP contribution in [0.25, 0.3) is 0 Å². The number of hydrogen-bond donors (Lipinski definition) is 0. The van der Waals surface area contributed by atoms with Gasteiger partial charge in [0.15, 0.2) is 0 Å². The lowest BCUT2D eigenvalue weighted by atomic mass is 9.76. The molecule has 5 unspecified atom stereocenters. The predicted molar refractivity (Wildman–Crippen MR) is 83.4 cm³/mol. The largest absolute Gasteiger partial charge is 0.849 e. The Hall–Kier alpha value is -0.600. The average molecular weight is 279 g/mol. The minimum atomic E-state index is -0.579. The summed E-state index contributed by atoms with van der Waals surface area (Å²) in [6, 6.07) is 0. The van der Waals surface area contributed by atoms with Crippen molar-refractivity contribution in [2.45, 2.75) is 65.6 Å². The molecule has 0 aliphatic heterocycles. The normalized spacial score (nSPS) is 31.8. The molecule has 0 aromatic rings. The van der Waals surface area contributed by atoms with Gasteiger partial charge in [-0.2, -0.15) is 0 Å². The molecule has 0 bridgehead atoms. The van der Waals surface area contributed by atoms with Gasteiger partial charge in [-0.05, 0) is 42.6 Å². The number of unbranched alkanes of at least 4 members (excludes halogenated alkanes) is 1. The SMILES string of the molecule is C=CC(C)CCC1=CC([O-])C(C)C(C)C1OCCCC. The van der Waals surface area contributed by atoms with E-state index in [2.05, 4.69) is 34.3 Å². The van der Waals surface area contributed by atoms with Crippen LogP contribution in [-0.4, -0.2) is 18.8 Å². The lowest BCUT2D eigenvalue weighted by Crippen LogP contribution is -2.44. The molecule has 1 rings (SSSR count). The second-order valence-corrected chi connectivity index (χ2v) is 6.32. The minimum Gasteiger partial charge on any atom is -0.849 e. The zero-order valence-electron chi connectivity index (χ0n) is 13.6. The van der Waals surface area contributed by atoms with Gasteiger partial charge in [0.05, 0.1) is 6.10 Å². The lowest BCUT2D eigenvalue weighted by Gasteiger charge is -2.42. The summed E-state index contributed by atoms with van der Waals surface area (Å²) in [6.45, 7) is 13.2. The molecule has 0 amide bonds. The molecule has 0 saturated carbocycles. The first-order chi connectivity index (χ1) is 9.51. The van der Waals surface area contributed by atoms with E-state index in [0.29, 0.717) is 11.8 Å². The standard InChI is InChI=1S/C18H31O2/c1-6-8-11-20-18-15(5)14(4)17(19)12-16(18)10-9-13(3)7-2/h7,12-15,17-18H,2,6,8-11H2,1,3-5H3/q-1. The van der Waals surface area contributed by atoms with Crippen LogP contribution in [0.2, 0.25) is 0 Å². The molecule has 0 saturated heterocycles. The molecule has 20 heavy (non-hydrogen) atoms. The van der Waals surface area contributed by atoms with Gasteiger partial charge >= 0.3 is 0 Å².